The molecule has 0 aliphatic carbocycles. The average Bonchev–Trinajstić information content (AvgIpc) is 2.78. The molecule has 0 unspecified atom stereocenters. The summed E-state index contributed by atoms with van der Waals surface area (Å²) in [6.45, 7) is 1.88. The van der Waals surface area contributed by atoms with Gasteiger partial charge in [0.05, 0.1) is 11.6 Å². The minimum atomic E-state index is -0.333. The predicted octanol–water partition coefficient (Wildman–Crippen LogP) is 2.19. The fourth-order valence-corrected chi connectivity index (χ4v) is 1.55. The number of hydrogen-bond acceptors (Lipinski definition) is 5. The van der Waals surface area contributed by atoms with Crippen LogP contribution in [-0.2, 0) is 16.1 Å². The zero-order valence-corrected chi connectivity index (χ0v) is 11.0. The van der Waals surface area contributed by atoms with Crippen molar-refractivity contribution >= 4 is 23.3 Å². The van der Waals surface area contributed by atoms with Crippen molar-refractivity contribution in [3.05, 3.63) is 40.9 Å². The first-order valence-corrected chi connectivity index (χ1v) is 5.93. The van der Waals surface area contributed by atoms with Crippen molar-refractivity contribution in [2.24, 2.45) is 0 Å². The van der Waals surface area contributed by atoms with Crippen molar-refractivity contribution in [2.45, 2.75) is 13.5 Å². The zero-order chi connectivity index (χ0) is 13.7. The van der Waals surface area contributed by atoms with Gasteiger partial charge in [-0.05, 0) is 19.1 Å². The predicted molar refractivity (Wildman–Crippen MR) is 68.8 cm³/mol. The monoisotopic (exact) mass is 281 g/mol. The minimum Gasteiger partial charge on any atom is -0.365 e. The molecular formula is C12H12ClN3O3. The summed E-state index contributed by atoms with van der Waals surface area (Å²) in [5, 5.41) is 6.67. The lowest BCUT2D eigenvalue weighted by Gasteiger charge is -2.05. The summed E-state index contributed by atoms with van der Waals surface area (Å²) in [6.07, 6.45) is 1.54. The van der Waals surface area contributed by atoms with E-state index in [1.807, 2.05) is 0 Å². The molecule has 0 saturated carbocycles. The molecule has 2 rings (SSSR count). The molecular weight excluding hydrogens is 270 g/mol. The largest absolute Gasteiger partial charge is 0.365 e. The maximum Gasteiger partial charge on any atom is 0.251 e. The third kappa shape index (κ3) is 4.04. The number of carbonyl (C=O) groups is 1. The molecule has 0 spiro atoms. The molecule has 1 N–H and O–H groups in total. The highest BCUT2D eigenvalue weighted by Crippen LogP contribution is 2.17. The first-order valence-electron chi connectivity index (χ1n) is 5.55. The van der Waals surface area contributed by atoms with Gasteiger partial charge in [-0.15, -0.1) is 0 Å². The lowest BCUT2D eigenvalue weighted by molar-refractivity contribution is -0.121. The van der Waals surface area contributed by atoms with E-state index in [-0.39, 0.29) is 19.1 Å². The van der Waals surface area contributed by atoms with Gasteiger partial charge in [-0.3, -0.25) is 4.79 Å². The maximum atomic E-state index is 11.6. The summed E-state index contributed by atoms with van der Waals surface area (Å²) in [6, 6.07) is 5.07. The standard InChI is InChI=1S/C12H12ClN3O3/c1-8-5-9(16-19-8)6-18-7-11(17)15-12-10(13)3-2-4-14-12/h2-5H,6-7H2,1H3,(H,14,15,17). The number of aromatic nitrogens is 2. The lowest BCUT2D eigenvalue weighted by Crippen LogP contribution is -2.19. The van der Waals surface area contributed by atoms with Crippen LogP contribution in [0, 0.1) is 6.92 Å². The van der Waals surface area contributed by atoms with Crippen LogP contribution in [0.5, 0.6) is 0 Å². The third-order valence-electron chi connectivity index (χ3n) is 2.18. The third-order valence-corrected chi connectivity index (χ3v) is 2.48. The zero-order valence-electron chi connectivity index (χ0n) is 10.2. The Labute approximate surface area is 114 Å². The molecule has 0 bridgehead atoms. The Kier molecular flexibility index (Phi) is 4.48. The van der Waals surface area contributed by atoms with Gasteiger partial charge < -0.3 is 14.6 Å². The fraction of sp³-hybridized carbons (Fsp3) is 0.250. The smallest absolute Gasteiger partial charge is 0.251 e. The molecule has 0 saturated heterocycles. The SMILES string of the molecule is Cc1cc(COCC(=O)Nc2ncccc2Cl)no1. The Hall–Kier alpha value is -1.92. The van der Waals surface area contributed by atoms with Crippen LogP contribution >= 0.6 is 11.6 Å². The molecule has 0 aliphatic heterocycles. The quantitative estimate of drug-likeness (QED) is 0.909. The summed E-state index contributed by atoms with van der Waals surface area (Å²) < 4.78 is 10.1. The van der Waals surface area contributed by atoms with Crippen molar-refractivity contribution in [3.63, 3.8) is 0 Å². The van der Waals surface area contributed by atoms with Crippen molar-refractivity contribution in [3.8, 4) is 0 Å². The van der Waals surface area contributed by atoms with Crippen molar-refractivity contribution in [2.75, 3.05) is 11.9 Å². The number of nitrogens with zero attached hydrogens (tertiary/aromatic N) is 2. The van der Waals surface area contributed by atoms with Gasteiger partial charge in [0.2, 0.25) is 0 Å². The minimum absolute atomic E-state index is 0.112. The Morgan fingerprint density at radius 1 is 1.58 bits per heavy atom. The number of rotatable bonds is 5. The summed E-state index contributed by atoms with van der Waals surface area (Å²) in [7, 11) is 0. The number of amides is 1. The van der Waals surface area contributed by atoms with E-state index in [4.69, 9.17) is 20.9 Å². The number of pyridine rings is 1. The second-order valence-electron chi connectivity index (χ2n) is 3.80. The summed E-state index contributed by atoms with van der Waals surface area (Å²) in [5.74, 6) is 0.680. The van der Waals surface area contributed by atoms with Crippen molar-refractivity contribution in [1.29, 1.82) is 0 Å². The molecule has 0 aliphatic rings. The second-order valence-corrected chi connectivity index (χ2v) is 4.21. The second kappa shape index (κ2) is 6.31. The number of aryl methyl sites for hydroxylation is 1. The molecule has 0 fully saturated rings. The van der Waals surface area contributed by atoms with Crippen molar-refractivity contribution in [1.82, 2.24) is 10.1 Å². The first-order chi connectivity index (χ1) is 9.15. The number of ether oxygens (including phenoxy) is 1. The number of anilines is 1. The van der Waals surface area contributed by atoms with E-state index in [0.717, 1.165) is 0 Å². The van der Waals surface area contributed by atoms with Gasteiger partial charge >= 0.3 is 0 Å². The fourth-order valence-electron chi connectivity index (χ4n) is 1.38. The topological polar surface area (TPSA) is 77.2 Å². The average molecular weight is 282 g/mol. The van der Waals surface area contributed by atoms with Crippen LogP contribution in [0.4, 0.5) is 5.82 Å². The highest BCUT2D eigenvalue weighted by molar-refractivity contribution is 6.33. The van der Waals surface area contributed by atoms with E-state index in [2.05, 4.69) is 15.5 Å². The van der Waals surface area contributed by atoms with E-state index in [1.165, 1.54) is 0 Å². The van der Waals surface area contributed by atoms with Crippen LogP contribution in [0.3, 0.4) is 0 Å². The maximum absolute atomic E-state index is 11.6. The summed E-state index contributed by atoms with van der Waals surface area (Å²) in [4.78, 5) is 15.5. The molecule has 6 nitrogen and oxygen atoms in total. The first kappa shape index (κ1) is 13.5. The van der Waals surface area contributed by atoms with Crippen LogP contribution in [0.2, 0.25) is 5.02 Å². The van der Waals surface area contributed by atoms with E-state index in [0.29, 0.717) is 22.3 Å². The van der Waals surface area contributed by atoms with Gasteiger partial charge in [0.15, 0.2) is 5.82 Å². The van der Waals surface area contributed by atoms with E-state index >= 15 is 0 Å². The van der Waals surface area contributed by atoms with Crippen molar-refractivity contribution < 1.29 is 14.1 Å². The molecule has 0 atom stereocenters. The van der Waals surface area contributed by atoms with Gasteiger partial charge in [0, 0.05) is 12.3 Å². The Morgan fingerprint density at radius 2 is 2.42 bits per heavy atom. The van der Waals surface area contributed by atoms with Crippen LogP contribution in [-0.4, -0.2) is 22.7 Å². The highest BCUT2D eigenvalue weighted by Gasteiger charge is 2.07. The molecule has 0 radical (unpaired) electrons. The van der Waals surface area contributed by atoms with Gasteiger partial charge in [0.25, 0.3) is 5.91 Å². The van der Waals surface area contributed by atoms with E-state index in [1.54, 1.807) is 31.3 Å². The van der Waals surface area contributed by atoms with E-state index < -0.39 is 0 Å². The molecule has 0 aromatic carbocycles. The molecule has 2 heterocycles. The number of hydrogen-bond donors (Lipinski definition) is 1. The van der Waals surface area contributed by atoms with Gasteiger partial charge in [0.1, 0.15) is 18.1 Å². The number of halogens is 1. The molecule has 100 valence electrons. The molecule has 2 aromatic rings. The summed E-state index contributed by atoms with van der Waals surface area (Å²) in [5.41, 5.74) is 0.640. The van der Waals surface area contributed by atoms with Crippen LogP contribution in [0.15, 0.2) is 28.9 Å². The Bertz CT molecular complexity index is 571. The highest BCUT2D eigenvalue weighted by atomic mass is 35.5. The molecule has 7 heteroatoms. The molecule has 1 amide bonds. The Balaban J connectivity index is 1.77. The normalized spacial score (nSPS) is 10.4. The summed E-state index contributed by atoms with van der Waals surface area (Å²) >= 11 is 5.86. The van der Waals surface area contributed by atoms with Crippen LogP contribution in [0.1, 0.15) is 11.5 Å². The number of nitrogens with one attached hydrogen (secondary N) is 1. The molecule has 19 heavy (non-hydrogen) atoms. The molecule has 2 aromatic heterocycles. The van der Waals surface area contributed by atoms with Crippen LogP contribution in [0.25, 0.3) is 0 Å². The Morgan fingerprint density at radius 3 is 3.11 bits per heavy atom. The number of carbonyl (C=O) groups excluding carboxylic acids is 1. The van der Waals surface area contributed by atoms with Crippen LogP contribution < -0.4 is 5.32 Å². The lowest BCUT2D eigenvalue weighted by atomic mass is 10.4. The van der Waals surface area contributed by atoms with Gasteiger partial charge in [-0.1, -0.05) is 16.8 Å². The van der Waals surface area contributed by atoms with Gasteiger partial charge in [-0.25, -0.2) is 4.98 Å². The van der Waals surface area contributed by atoms with Gasteiger partial charge in [-0.2, -0.15) is 0 Å². The van der Waals surface area contributed by atoms with E-state index in [9.17, 15) is 4.79 Å².